The molecule has 1 aromatic rings. The molecule has 0 spiro atoms. The highest BCUT2D eigenvalue weighted by Crippen LogP contribution is 2.28. The summed E-state index contributed by atoms with van der Waals surface area (Å²) in [5.74, 6) is 0.771. The summed E-state index contributed by atoms with van der Waals surface area (Å²) in [4.78, 5) is 0. The largest absolute Gasteiger partial charge is 0.492 e. The van der Waals surface area contributed by atoms with E-state index in [0.29, 0.717) is 17.7 Å². The molecular formula is C15H24ClNO. The van der Waals surface area contributed by atoms with Crippen LogP contribution in [0.25, 0.3) is 0 Å². The molecule has 0 aromatic heterocycles. The molecule has 18 heavy (non-hydrogen) atoms. The molecule has 0 fully saturated rings. The van der Waals surface area contributed by atoms with Gasteiger partial charge in [0.25, 0.3) is 0 Å². The van der Waals surface area contributed by atoms with Crippen LogP contribution in [-0.4, -0.2) is 12.6 Å². The molecular weight excluding hydrogens is 246 g/mol. The van der Waals surface area contributed by atoms with Crippen molar-refractivity contribution in [2.24, 2.45) is 0 Å². The van der Waals surface area contributed by atoms with Gasteiger partial charge in [-0.1, -0.05) is 38.8 Å². The van der Waals surface area contributed by atoms with Crippen molar-refractivity contribution in [3.05, 3.63) is 23.2 Å². The standard InChI is InChI=1S/C15H24ClNO/c1-4-7-12(6-3)17-13-8-9-15(14(16)11-13)18-10-5-2/h8-9,11-12,17H,4-7,10H2,1-3H3. The first-order chi connectivity index (χ1) is 8.71. The normalized spacial score (nSPS) is 12.2. The number of halogens is 1. The van der Waals surface area contributed by atoms with Crippen LogP contribution in [0.1, 0.15) is 46.5 Å². The smallest absolute Gasteiger partial charge is 0.138 e. The number of hydrogen-bond acceptors (Lipinski definition) is 2. The van der Waals surface area contributed by atoms with Crippen LogP contribution in [-0.2, 0) is 0 Å². The van der Waals surface area contributed by atoms with E-state index in [4.69, 9.17) is 16.3 Å². The van der Waals surface area contributed by atoms with Crippen LogP contribution in [0.2, 0.25) is 5.02 Å². The number of rotatable bonds is 8. The average Bonchev–Trinajstić information content (AvgIpc) is 2.37. The predicted octanol–water partition coefficient (Wildman–Crippen LogP) is 5.12. The van der Waals surface area contributed by atoms with Gasteiger partial charge in [0.1, 0.15) is 5.75 Å². The Labute approximate surface area is 116 Å². The Balaban J connectivity index is 2.65. The number of anilines is 1. The second kappa shape index (κ2) is 8.25. The van der Waals surface area contributed by atoms with Crippen LogP contribution >= 0.6 is 11.6 Å². The molecule has 1 aromatic carbocycles. The van der Waals surface area contributed by atoms with Gasteiger partial charge >= 0.3 is 0 Å². The molecule has 0 saturated carbocycles. The highest BCUT2D eigenvalue weighted by Gasteiger charge is 2.07. The van der Waals surface area contributed by atoms with Crippen molar-refractivity contribution in [3.63, 3.8) is 0 Å². The highest BCUT2D eigenvalue weighted by atomic mass is 35.5. The second-order valence-electron chi connectivity index (χ2n) is 4.53. The molecule has 0 aliphatic rings. The number of benzene rings is 1. The van der Waals surface area contributed by atoms with Gasteiger partial charge in [0.05, 0.1) is 11.6 Å². The third-order valence-corrected chi connectivity index (χ3v) is 3.19. The first kappa shape index (κ1) is 15.2. The summed E-state index contributed by atoms with van der Waals surface area (Å²) in [5, 5.41) is 4.19. The summed E-state index contributed by atoms with van der Waals surface area (Å²) in [5.41, 5.74) is 1.07. The molecule has 0 saturated heterocycles. The fourth-order valence-electron chi connectivity index (χ4n) is 1.88. The van der Waals surface area contributed by atoms with Gasteiger partial charge in [-0.3, -0.25) is 0 Å². The van der Waals surface area contributed by atoms with Crippen molar-refractivity contribution in [1.82, 2.24) is 0 Å². The molecule has 0 amide bonds. The molecule has 0 aliphatic heterocycles. The van der Waals surface area contributed by atoms with E-state index in [9.17, 15) is 0 Å². The Bertz CT molecular complexity index is 354. The molecule has 0 radical (unpaired) electrons. The van der Waals surface area contributed by atoms with Gasteiger partial charge in [-0.05, 0) is 37.5 Å². The average molecular weight is 270 g/mol. The lowest BCUT2D eigenvalue weighted by atomic mass is 10.1. The molecule has 0 aliphatic carbocycles. The van der Waals surface area contributed by atoms with Crippen LogP contribution < -0.4 is 10.1 Å². The van der Waals surface area contributed by atoms with Crippen LogP contribution in [0, 0.1) is 0 Å². The van der Waals surface area contributed by atoms with Crippen LogP contribution in [0.4, 0.5) is 5.69 Å². The summed E-state index contributed by atoms with van der Waals surface area (Å²) in [6.07, 6.45) is 4.49. The van der Waals surface area contributed by atoms with Gasteiger partial charge in [0.2, 0.25) is 0 Å². The van der Waals surface area contributed by atoms with Crippen molar-refractivity contribution in [2.45, 2.75) is 52.5 Å². The second-order valence-corrected chi connectivity index (χ2v) is 4.94. The van der Waals surface area contributed by atoms with E-state index in [2.05, 4.69) is 26.1 Å². The van der Waals surface area contributed by atoms with E-state index in [1.807, 2.05) is 18.2 Å². The van der Waals surface area contributed by atoms with E-state index in [1.54, 1.807) is 0 Å². The summed E-state index contributed by atoms with van der Waals surface area (Å²) in [6, 6.07) is 6.45. The Morgan fingerprint density at radius 2 is 2.00 bits per heavy atom. The molecule has 102 valence electrons. The van der Waals surface area contributed by atoms with Crippen molar-refractivity contribution in [3.8, 4) is 5.75 Å². The van der Waals surface area contributed by atoms with Crippen LogP contribution in [0.15, 0.2) is 18.2 Å². The summed E-state index contributed by atoms with van der Waals surface area (Å²) in [7, 11) is 0. The Hall–Kier alpha value is -0.890. The van der Waals surface area contributed by atoms with E-state index >= 15 is 0 Å². The Morgan fingerprint density at radius 1 is 1.22 bits per heavy atom. The summed E-state index contributed by atoms with van der Waals surface area (Å²) in [6.45, 7) is 7.20. The third kappa shape index (κ3) is 4.77. The van der Waals surface area contributed by atoms with Gasteiger partial charge in [0.15, 0.2) is 0 Å². The summed E-state index contributed by atoms with van der Waals surface area (Å²) < 4.78 is 5.56. The lowest BCUT2D eigenvalue weighted by Gasteiger charge is -2.18. The van der Waals surface area contributed by atoms with E-state index < -0.39 is 0 Å². The SMILES string of the molecule is CCCOc1ccc(NC(CC)CCC)cc1Cl. The third-order valence-electron chi connectivity index (χ3n) is 2.89. The fourth-order valence-corrected chi connectivity index (χ4v) is 2.12. The van der Waals surface area contributed by atoms with Crippen molar-refractivity contribution < 1.29 is 4.74 Å². The zero-order valence-electron chi connectivity index (χ0n) is 11.6. The maximum atomic E-state index is 6.20. The predicted molar refractivity (Wildman–Crippen MR) is 79.8 cm³/mol. The quantitative estimate of drug-likeness (QED) is 0.707. The lowest BCUT2D eigenvalue weighted by molar-refractivity contribution is 0.317. The van der Waals surface area contributed by atoms with Crippen molar-refractivity contribution in [1.29, 1.82) is 0 Å². The Kier molecular flexibility index (Phi) is 6.96. The Morgan fingerprint density at radius 3 is 2.56 bits per heavy atom. The fraction of sp³-hybridized carbons (Fsp3) is 0.600. The molecule has 3 heteroatoms. The molecule has 2 nitrogen and oxygen atoms in total. The summed E-state index contributed by atoms with van der Waals surface area (Å²) >= 11 is 6.20. The van der Waals surface area contributed by atoms with Crippen LogP contribution in [0.5, 0.6) is 5.75 Å². The van der Waals surface area contributed by atoms with Gasteiger partial charge < -0.3 is 10.1 Å². The van der Waals surface area contributed by atoms with Gasteiger partial charge in [-0.15, -0.1) is 0 Å². The first-order valence-electron chi connectivity index (χ1n) is 6.90. The molecule has 1 N–H and O–H groups in total. The van der Waals surface area contributed by atoms with E-state index in [0.717, 1.165) is 24.3 Å². The zero-order chi connectivity index (χ0) is 13.4. The van der Waals surface area contributed by atoms with Crippen molar-refractivity contribution in [2.75, 3.05) is 11.9 Å². The number of ether oxygens (including phenoxy) is 1. The van der Waals surface area contributed by atoms with E-state index in [1.165, 1.54) is 12.8 Å². The van der Waals surface area contributed by atoms with Crippen LogP contribution in [0.3, 0.4) is 0 Å². The molecule has 1 atom stereocenters. The van der Waals surface area contributed by atoms with Crippen molar-refractivity contribution >= 4 is 17.3 Å². The first-order valence-corrected chi connectivity index (χ1v) is 7.27. The topological polar surface area (TPSA) is 21.3 Å². The number of hydrogen-bond donors (Lipinski definition) is 1. The molecule has 0 heterocycles. The van der Waals surface area contributed by atoms with E-state index in [-0.39, 0.29) is 0 Å². The van der Waals surface area contributed by atoms with Gasteiger partial charge in [0, 0.05) is 11.7 Å². The molecule has 1 unspecified atom stereocenters. The minimum atomic E-state index is 0.522. The van der Waals surface area contributed by atoms with Gasteiger partial charge in [-0.25, -0.2) is 0 Å². The lowest BCUT2D eigenvalue weighted by Crippen LogP contribution is -2.17. The minimum absolute atomic E-state index is 0.522. The monoisotopic (exact) mass is 269 g/mol. The number of nitrogens with one attached hydrogen (secondary N) is 1. The molecule has 0 bridgehead atoms. The maximum absolute atomic E-state index is 6.20. The highest BCUT2D eigenvalue weighted by molar-refractivity contribution is 6.32. The maximum Gasteiger partial charge on any atom is 0.138 e. The molecule has 1 rings (SSSR count). The minimum Gasteiger partial charge on any atom is -0.492 e. The van der Waals surface area contributed by atoms with Gasteiger partial charge in [-0.2, -0.15) is 0 Å². The zero-order valence-corrected chi connectivity index (χ0v) is 12.4.